The summed E-state index contributed by atoms with van der Waals surface area (Å²) < 4.78 is 34.1. The van der Waals surface area contributed by atoms with Crippen LogP contribution in [0.4, 0.5) is 9.18 Å². The second-order valence-corrected chi connectivity index (χ2v) is 25.9. The van der Waals surface area contributed by atoms with Crippen molar-refractivity contribution in [2.45, 2.75) is 178 Å². The number of nitrogens with two attached hydrogens (primary N) is 2. The van der Waals surface area contributed by atoms with Gasteiger partial charge in [0.05, 0.1) is 58.6 Å². The first-order valence-electron chi connectivity index (χ1n) is 31.8. The van der Waals surface area contributed by atoms with Gasteiger partial charge < -0.3 is 88.1 Å². The summed E-state index contributed by atoms with van der Waals surface area (Å²) in [5.74, 6) is -9.34. The van der Waals surface area contributed by atoms with Gasteiger partial charge in [-0.2, -0.15) is 0 Å². The molecule has 12 amide bonds. The van der Waals surface area contributed by atoms with Crippen LogP contribution >= 0.6 is 0 Å². The molecule has 4 aliphatic carbocycles. The molecule has 2 bridgehead atoms. The Kier molecular flexibility index (Phi) is 20.1. The van der Waals surface area contributed by atoms with E-state index in [0.717, 1.165) is 17.7 Å². The van der Waals surface area contributed by atoms with E-state index < -0.39 is 180 Å². The summed E-state index contributed by atoms with van der Waals surface area (Å²) in [7, 11) is 0. The van der Waals surface area contributed by atoms with Crippen LogP contribution in [0, 0.1) is 24.1 Å². The van der Waals surface area contributed by atoms with Crippen molar-refractivity contribution in [3.8, 4) is 11.4 Å². The number of fused-ring (bicyclic) bond motifs is 5. The molecule has 0 unspecified atom stereocenters. The van der Waals surface area contributed by atoms with E-state index in [1.807, 2.05) is 0 Å². The molecule has 15 N–H and O–H groups in total. The number of pyridine rings is 2. The number of imide groups is 1. The summed E-state index contributed by atoms with van der Waals surface area (Å²) >= 11 is 0. The Hall–Kier alpha value is -9.31. The third kappa shape index (κ3) is 13.9. The standard InChI is InChI=1S/C63H78FN13O19/c1-5-63(93)33-17-39-51-31(21-76(39)57(89)32(33)23-94-59(63)91)49-35(9-8-30-29(4)34(64)18-38(72-51)48(30)49)74-58(90)61-24-62(25-61,26-61)95-27-70-54(86)36(7-6-15-68-60(66)92)73-56(88)50(28(2)3)75-55(87)37(71-44(80)14-16-67-45(81)22-77-46(82)12-13-47(77)83)10-11-43(79)69-20-41-53(85)52(84)40(96-41)19-42(65)78/h12-13,17-18,28,35-37,40-41,50,52-53,84-85,93H,5-11,14-16,19-27H2,1-4H3,(H2,65,78)(H,67,81)(H,69,79)(H,70,86)(H,71,80)(H,73,88)(H,74,90)(H,75,87)(H3,66,68,92)/t35-,36-,37-,40-,41+,50-,52-,53+,61?,62?,63-/m0/s1. The first-order valence-corrected chi connectivity index (χ1v) is 31.8. The van der Waals surface area contributed by atoms with E-state index >= 15 is 4.39 Å². The number of aromatic nitrogens is 2. The molecular formula is C63H78FN13O19. The Morgan fingerprint density at radius 1 is 0.812 bits per heavy atom. The molecule has 9 atom stereocenters. The number of primary amides is 2. The smallest absolute Gasteiger partial charge is 0.343 e. The van der Waals surface area contributed by atoms with E-state index in [9.17, 15) is 77.6 Å². The van der Waals surface area contributed by atoms with Gasteiger partial charge in [-0.1, -0.05) is 20.8 Å². The molecule has 2 aromatic heterocycles. The number of aliphatic hydroxyl groups is 3. The highest BCUT2D eigenvalue weighted by molar-refractivity contribution is 6.14. The fourth-order valence-corrected chi connectivity index (χ4v) is 13.9. The van der Waals surface area contributed by atoms with Crippen molar-refractivity contribution in [2.75, 3.05) is 32.9 Å². The molecule has 4 fully saturated rings. The molecular weight excluding hydrogens is 1260 g/mol. The number of esters is 1. The lowest BCUT2D eigenvalue weighted by atomic mass is 9.40. The molecule has 11 rings (SSSR count). The Morgan fingerprint density at radius 3 is 2.19 bits per heavy atom. The van der Waals surface area contributed by atoms with Crippen LogP contribution in [0.1, 0.15) is 131 Å². The minimum atomic E-state index is -2.08. The van der Waals surface area contributed by atoms with Crippen LogP contribution in [0.2, 0.25) is 0 Å². The van der Waals surface area contributed by atoms with E-state index in [0.29, 0.717) is 56.7 Å². The molecule has 0 spiro atoms. The highest BCUT2D eigenvalue weighted by atomic mass is 19.1. The number of carbonyl (C=O) groups is 12. The van der Waals surface area contributed by atoms with Crippen molar-refractivity contribution in [1.82, 2.24) is 57.0 Å². The van der Waals surface area contributed by atoms with Gasteiger partial charge in [0.1, 0.15) is 62.1 Å². The fourth-order valence-electron chi connectivity index (χ4n) is 13.9. The van der Waals surface area contributed by atoms with E-state index in [4.69, 9.17) is 30.7 Å². The molecule has 1 saturated heterocycles. The van der Waals surface area contributed by atoms with Crippen molar-refractivity contribution >= 4 is 82.0 Å². The van der Waals surface area contributed by atoms with Gasteiger partial charge >= 0.3 is 12.0 Å². The monoisotopic (exact) mass is 1340 g/mol. The molecule has 516 valence electrons. The maximum atomic E-state index is 15.6. The number of aliphatic hydroxyl groups excluding tert-OH is 2. The zero-order valence-electron chi connectivity index (χ0n) is 53.2. The number of cyclic esters (lactones) is 1. The quantitative estimate of drug-likeness (QED) is 0.0111. The number of urea groups is 1. The van der Waals surface area contributed by atoms with Gasteiger partial charge in [0.15, 0.2) is 5.60 Å². The van der Waals surface area contributed by atoms with E-state index in [2.05, 4.69) is 42.5 Å². The van der Waals surface area contributed by atoms with Crippen molar-refractivity contribution < 1.29 is 91.5 Å². The highest BCUT2D eigenvalue weighted by Crippen LogP contribution is 2.69. The summed E-state index contributed by atoms with van der Waals surface area (Å²) in [5.41, 5.74) is 10.1. The molecule has 4 aliphatic heterocycles. The third-order valence-electron chi connectivity index (χ3n) is 19.2. The number of aryl methyl sites for hydroxylation is 1. The minimum absolute atomic E-state index is 0.00170. The highest BCUT2D eigenvalue weighted by Gasteiger charge is 2.73. The van der Waals surface area contributed by atoms with Crippen LogP contribution < -0.4 is 59.6 Å². The molecule has 0 radical (unpaired) electrons. The lowest BCUT2D eigenvalue weighted by Crippen LogP contribution is -2.73. The van der Waals surface area contributed by atoms with Crippen LogP contribution in [-0.2, 0) is 92.1 Å². The molecule has 32 nitrogen and oxygen atoms in total. The van der Waals surface area contributed by atoms with Gasteiger partial charge in [0.25, 0.3) is 17.4 Å². The SMILES string of the molecule is CC[C@@]1(O)C(=O)OCc2c1cc1n(c2=O)Cc2c-1nc1cc(F)c(C)c3c1c2[C@@H](NC(=O)C12CC(OCNC(=O)[C@H](CCCNC(N)=O)NC(=O)[C@@H](NC(=O)[C@H](CCC(=O)NC[C@H]4O[C@@H](CC(N)=O)[C@H](O)[C@@H]4O)NC(=O)CCNC(=O)CN4C(=O)C=CC4=O)C(C)C)(C1)C2)CC3. The number of nitrogens with one attached hydrogen (secondary N) is 8. The van der Waals surface area contributed by atoms with Crippen molar-refractivity contribution in [2.24, 2.45) is 22.8 Å². The molecule has 3 aromatic rings. The molecule has 1 aromatic carbocycles. The van der Waals surface area contributed by atoms with Gasteiger partial charge in [-0.25, -0.2) is 19.0 Å². The van der Waals surface area contributed by atoms with E-state index in [-0.39, 0.29) is 95.1 Å². The third-order valence-corrected chi connectivity index (χ3v) is 19.2. The number of hydrogen-bond donors (Lipinski definition) is 13. The number of amides is 12. The molecule has 6 heterocycles. The van der Waals surface area contributed by atoms with Gasteiger partial charge in [-0.3, -0.25) is 57.6 Å². The van der Waals surface area contributed by atoms with E-state index in [1.54, 1.807) is 33.8 Å². The van der Waals surface area contributed by atoms with Crippen LogP contribution in [0.5, 0.6) is 0 Å². The van der Waals surface area contributed by atoms with Gasteiger partial charge in [-0.05, 0) is 93.4 Å². The maximum Gasteiger partial charge on any atom is 0.343 e. The predicted octanol–water partition coefficient (Wildman–Crippen LogP) is -3.11. The lowest BCUT2D eigenvalue weighted by Gasteiger charge is -2.68. The minimum Gasteiger partial charge on any atom is -0.458 e. The second kappa shape index (κ2) is 27.8. The summed E-state index contributed by atoms with van der Waals surface area (Å²) in [6.07, 6.45) is -3.34. The topological polar surface area (TPSA) is 480 Å². The Labute approximate surface area is 547 Å². The predicted molar refractivity (Wildman–Crippen MR) is 329 cm³/mol. The van der Waals surface area contributed by atoms with Crippen molar-refractivity contribution in [3.63, 3.8) is 0 Å². The number of halogens is 1. The molecule has 8 aliphatic rings. The number of rotatable bonds is 29. The number of carbonyl (C=O) groups excluding carboxylic acids is 12. The Balaban J connectivity index is 0.765. The van der Waals surface area contributed by atoms with Crippen molar-refractivity contribution in [3.05, 3.63) is 73.8 Å². The summed E-state index contributed by atoms with van der Waals surface area (Å²) in [4.78, 5) is 176. The van der Waals surface area contributed by atoms with E-state index in [1.165, 1.54) is 10.6 Å². The van der Waals surface area contributed by atoms with Crippen molar-refractivity contribution in [1.29, 1.82) is 0 Å². The fraction of sp³-hybridized carbons (Fsp3) is 0.556. The number of nitrogens with zero attached hydrogens (tertiary/aromatic N) is 3. The number of hydrogen-bond acceptors (Lipinski definition) is 20. The van der Waals surface area contributed by atoms with Crippen LogP contribution in [0.25, 0.3) is 22.3 Å². The summed E-state index contributed by atoms with van der Waals surface area (Å²) in [5, 5.41) is 54.0. The second-order valence-electron chi connectivity index (χ2n) is 25.9. The first kappa shape index (κ1) is 69.5. The van der Waals surface area contributed by atoms with Crippen LogP contribution in [0.15, 0.2) is 29.1 Å². The first-order chi connectivity index (χ1) is 45.5. The zero-order chi connectivity index (χ0) is 69.5. The normalized spacial score (nSPS) is 24.8. The Bertz CT molecular complexity index is 3820. The largest absolute Gasteiger partial charge is 0.458 e. The average molecular weight is 1340 g/mol. The van der Waals surface area contributed by atoms with Gasteiger partial charge in [0.2, 0.25) is 47.3 Å². The number of ether oxygens (including phenoxy) is 3. The summed E-state index contributed by atoms with van der Waals surface area (Å²) in [6, 6.07) is -2.77. The lowest BCUT2D eigenvalue weighted by molar-refractivity contribution is -0.276. The molecule has 96 heavy (non-hydrogen) atoms. The number of benzene rings is 1. The molecule has 3 saturated carbocycles. The zero-order valence-corrected chi connectivity index (χ0v) is 53.2. The average Bonchev–Trinajstić information content (AvgIpc) is 0.724. The Morgan fingerprint density at radius 2 is 1.51 bits per heavy atom. The van der Waals surface area contributed by atoms with Gasteiger partial charge in [0, 0.05) is 67.2 Å². The maximum absolute atomic E-state index is 15.6. The van der Waals surface area contributed by atoms with Crippen LogP contribution in [-0.4, -0.2) is 182 Å². The van der Waals surface area contributed by atoms with Crippen LogP contribution in [0.3, 0.4) is 0 Å². The molecule has 33 heteroatoms. The summed E-state index contributed by atoms with van der Waals surface area (Å²) in [6.45, 7) is 4.51. The van der Waals surface area contributed by atoms with Gasteiger partial charge in [-0.15, -0.1) is 0 Å².